The van der Waals surface area contributed by atoms with Crippen LogP contribution in [-0.4, -0.2) is 24.1 Å². The van der Waals surface area contributed by atoms with Crippen molar-refractivity contribution < 1.29 is 0 Å². The van der Waals surface area contributed by atoms with Gasteiger partial charge >= 0.3 is 0 Å². The summed E-state index contributed by atoms with van der Waals surface area (Å²) in [5, 5.41) is 3.75. The second-order valence-corrected chi connectivity index (χ2v) is 8.00. The van der Waals surface area contributed by atoms with Gasteiger partial charge in [-0.1, -0.05) is 0 Å². The Kier molecular flexibility index (Phi) is 3.61. The van der Waals surface area contributed by atoms with Gasteiger partial charge in [0.1, 0.15) is 0 Å². The van der Waals surface area contributed by atoms with Crippen LogP contribution in [0.5, 0.6) is 0 Å². The van der Waals surface area contributed by atoms with Crippen LogP contribution in [0.1, 0.15) is 46.5 Å². The van der Waals surface area contributed by atoms with E-state index in [1.807, 2.05) is 11.8 Å². The third-order valence-corrected chi connectivity index (χ3v) is 4.90. The number of rotatable bonds is 5. The Labute approximate surface area is 105 Å². The van der Waals surface area contributed by atoms with Gasteiger partial charge in [-0.05, 0) is 75.7 Å². The van der Waals surface area contributed by atoms with Crippen LogP contribution in [0.2, 0.25) is 0 Å². The molecule has 94 valence electrons. The molecule has 0 aromatic carbocycles. The van der Waals surface area contributed by atoms with Crippen molar-refractivity contribution in [2.75, 3.05) is 18.6 Å². The molecule has 0 aromatic heterocycles. The van der Waals surface area contributed by atoms with Crippen molar-refractivity contribution in [3.63, 3.8) is 0 Å². The van der Waals surface area contributed by atoms with Crippen molar-refractivity contribution in [1.29, 1.82) is 0 Å². The first kappa shape index (κ1) is 12.8. The molecule has 2 aliphatic rings. The van der Waals surface area contributed by atoms with Gasteiger partial charge < -0.3 is 5.32 Å². The molecule has 16 heavy (non-hydrogen) atoms. The summed E-state index contributed by atoms with van der Waals surface area (Å²) in [4.78, 5) is 0. The van der Waals surface area contributed by atoms with Crippen molar-refractivity contribution in [2.45, 2.75) is 52.0 Å². The molecule has 2 saturated carbocycles. The van der Waals surface area contributed by atoms with E-state index in [-0.39, 0.29) is 5.54 Å². The molecule has 1 nitrogen and oxygen atoms in total. The summed E-state index contributed by atoms with van der Waals surface area (Å²) in [6.45, 7) is 8.09. The lowest BCUT2D eigenvalue weighted by atomic mass is 9.79. The zero-order valence-electron chi connectivity index (χ0n) is 11.3. The Morgan fingerprint density at radius 1 is 1.25 bits per heavy atom. The van der Waals surface area contributed by atoms with E-state index >= 15 is 0 Å². The van der Waals surface area contributed by atoms with Gasteiger partial charge in [0.15, 0.2) is 0 Å². The summed E-state index contributed by atoms with van der Waals surface area (Å²) in [5.41, 5.74) is 0.920. The van der Waals surface area contributed by atoms with Crippen LogP contribution in [0.15, 0.2) is 0 Å². The van der Waals surface area contributed by atoms with Crippen molar-refractivity contribution in [3.05, 3.63) is 0 Å². The van der Waals surface area contributed by atoms with Gasteiger partial charge in [0.25, 0.3) is 0 Å². The van der Waals surface area contributed by atoms with E-state index in [0.717, 1.165) is 11.8 Å². The summed E-state index contributed by atoms with van der Waals surface area (Å²) in [6, 6.07) is 0. The topological polar surface area (TPSA) is 12.0 Å². The predicted molar refractivity (Wildman–Crippen MR) is 74.0 cm³/mol. The summed E-state index contributed by atoms with van der Waals surface area (Å²) in [6.07, 6.45) is 8.20. The van der Waals surface area contributed by atoms with E-state index < -0.39 is 0 Å². The number of fused-ring (bicyclic) bond motifs is 1. The smallest absolute Gasteiger partial charge is 0.00967 e. The first-order chi connectivity index (χ1) is 7.44. The molecular weight excluding hydrogens is 214 g/mol. The monoisotopic (exact) mass is 241 g/mol. The van der Waals surface area contributed by atoms with Gasteiger partial charge in [-0.2, -0.15) is 11.8 Å². The second kappa shape index (κ2) is 4.53. The molecule has 0 radical (unpaired) electrons. The Morgan fingerprint density at radius 3 is 2.38 bits per heavy atom. The lowest BCUT2D eigenvalue weighted by Gasteiger charge is -2.35. The van der Waals surface area contributed by atoms with Gasteiger partial charge in [0.05, 0.1) is 0 Å². The SMILES string of the molecule is CSCCC1(CNC(C)(C)C)CC2CC2C1. The van der Waals surface area contributed by atoms with E-state index in [0.29, 0.717) is 5.41 Å². The maximum absolute atomic E-state index is 3.75. The lowest BCUT2D eigenvalue weighted by Crippen LogP contribution is -2.43. The van der Waals surface area contributed by atoms with Crippen LogP contribution in [0.4, 0.5) is 0 Å². The number of hydrogen-bond acceptors (Lipinski definition) is 2. The largest absolute Gasteiger partial charge is 0.312 e. The Bertz CT molecular complexity index is 234. The van der Waals surface area contributed by atoms with Crippen molar-refractivity contribution >= 4 is 11.8 Å². The Balaban J connectivity index is 1.87. The van der Waals surface area contributed by atoms with Crippen LogP contribution in [0.25, 0.3) is 0 Å². The van der Waals surface area contributed by atoms with Crippen LogP contribution in [0, 0.1) is 17.3 Å². The Morgan fingerprint density at radius 2 is 1.88 bits per heavy atom. The van der Waals surface area contributed by atoms with Gasteiger partial charge in [-0.3, -0.25) is 0 Å². The molecule has 0 aliphatic heterocycles. The van der Waals surface area contributed by atoms with Gasteiger partial charge in [-0.15, -0.1) is 0 Å². The molecular formula is C14H27NS. The molecule has 0 amide bonds. The van der Waals surface area contributed by atoms with E-state index in [1.165, 1.54) is 38.0 Å². The minimum Gasteiger partial charge on any atom is -0.312 e. The highest BCUT2D eigenvalue weighted by atomic mass is 32.2. The van der Waals surface area contributed by atoms with Crippen LogP contribution >= 0.6 is 11.8 Å². The molecule has 2 heteroatoms. The number of nitrogens with one attached hydrogen (secondary N) is 1. The average Bonchev–Trinajstić information content (AvgIpc) is 2.81. The van der Waals surface area contributed by atoms with Crippen LogP contribution in [0.3, 0.4) is 0 Å². The number of thioether (sulfide) groups is 1. The fraction of sp³-hybridized carbons (Fsp3) is 1.00. The standard InChI is InChI=1S/C14H27NS/c1-13(2,3)15-10-14(5-6-16-4)8-11-7-12(11)9-14/h11-12,15H,5-10H2,1-4H3. The summed E-state index contributed by atoms with van der Waals surface area (Å²) >= 11 is 2.01. The molecule has 0 aromatic rings. The highest BCUT2D eigenvalue weighted by Crippen LogP contribution is 2.61. The molecule has 2 rings (SSSR count). The van der Waals surface area contributed by atoms with Crippen molar-refractivity contribution in [1.82, 2.24) is 5.32 Å². The molecule has 2 fully saturated rings. The zero-order valence-corrected chi connectivity index (χ0v) is 12.1. The molecule has 2 atom stereocenters. The molecule has 0 bridgehead atoms. The fourth-order valence-corrected chi connectivity index (χ4v) is 3.85. The lowest BCUT2D eigenvalue weighted by molar-refractivity contribution is 0.217. The molecule has 1 N–H and O–H groups in total. The van der Waals surface area contributed by atoms with Crippen molar-refractivity contribution in [3.8, 4) is 0 Å². The number of hydrogen-bond donors (Lipinski definition) is 1. The molecule has 0 saturated heterocycles. The summed E-state index contributed by atoms with van der Waals surface area (Å²) < 4.78 is 0. The maximum atomic E-state index is 3.75. The first-order valence-corrected chi connectivity index (χ1v) is 8.07. The van der Waals surface area contributed by atoms with E-state index in [1.54, 1.807) is 0 Å². The highest BCUT2D eigenvalue weighted by Gasteiger charge is 2.53. The van der Waals surface area contributed by atoms with Gasteiger partial charge in [0.2, 0.25) is 0 Å². The minimum absolute atomic E-state index is 0.277. The third kappa shape index (κ3) is 3.16. The maximum Gasteiger partial charge on any atom is 0.00967 e. The second-order valence-electron chi connectivity index (χ2n) is 7.01. The molecule has 2 unspecified atom stereocenters. The Hall–Kier alpha value is 0.310. The molecule has 0 heterocycles. The summed E-state index contributed by atoms with van der Waals surface area (Å²) in [5.74, 6) is 3.54. The van der Waals surface area contributed by atoms with Gasteiger partial charge in [-0.25, -0.2) is 0 Å². The van der Waals surface area contributed by atoms with Crippen molar-refractivity contribution in [2.24, 2.45) is 17.3 Å². The predicted octanol–water partition coefficient (Wildman–Crippen LogP) is 3.54. The van der Waals surface area contributed by atoms with Crippen LogP contribution < -0.4 is 5.32 Å². The van der Waals surface area contributed by atoms with E-state index in [9.17, 15) is 0 Å². The van der Waals surface area contributed by atoms with E-state index in [4.69, 9.17) is 0 Å². The van der Waals surface area contributed by atoms with Crippen LogP contribution in [-0.2, 0) is 0 Å². The highest BCUT2D eigenvalue weighted by molar-refractivity contribution is 7.98. The zero-order chi connectivity index (χ0) is 11.8. The molecule has 0 spiro atoms. The van der Waals surface area contributed by atoms with Gasteiger partial charge in [0, 0.05) is 12.1 Å². The quantitative estimate of drug-likeness (QED) is 0.790. The first-order valence-electron chi connectivity index (χ1n) is 6.68. The molecule has 2 aliphatic carbocycles. The normalized spacial score (nSPS) is 37.5. The van der Waals surface area contributed by atoms with E-state index in [2.05, 4.69) is 32.3 Å². The summed E-state index contributed by atoms with van der Waals surface area (Å²) in [7, 11) is 0. The average molecular weight is 241 g/mol. The fourth-order valence-electron chi connectivity index (χ4n) is 3.21. The minimum atomic E-state index is 0.277. The third-order valence-electron chi connectivity index (χ3n) is 4.29.